The van der Waals surface area contributed by atoms with E-state index in [0.29, 0.717) is 42.4 Å². The maximum atomic E-state index is 13.3. The van der Waals surface area contributed by atoms with Gasteiger partial charge in [0.05, 0.1) is 13.2 Å². The summed E-state index contributed by atoms with van der Waals surface area (Å²) in [6, 6.07) is 0. The van der Waals surface area contributed by atoms with Crippen molar-refractivity contribution in [2.75, 3.05) is 57.7 Å². The van der Waals surface area contributed by atoms with Gasteiger partial charge < -0.3 is 19.7 Å². The van der Waals surface area contributed by atoms with E-state index in [9.17, 15) is 14.2 Å². The second-order valence-electron chi connectivity index (χ2n) is 8.06. The summed E-state index contributed by atoms with van der Waals surface area (Å²) in [5.74, 6) is 2.20. The summed E-state index contributed by atoms with van der Waals surface area (Å²) in [6.45, 7) is 6.39. The molecule has 0 amide bonds. The van der Waals surface area contributed by atoms with Crippen LogP contribution in [0.2, 0.25) is 0 Å². The Morgan fingerprint density at radius 3 is 1.94 bits per heavy atom. The van der Waals surface area contributed by atoms with Crippen LogP contribution in [-0.2, 0) is 23.2 Å². The van der Waals surface area contributed by atoms with E-state index in [1.54, 1.807) is 0 Å². The van der Waals surface area contributed by atoms with Crippen molar-refractivity contribution in [3.63, 3.8) is 0 Å². The molecule has 0 aliphatic heterocycles. The molecule has 7 nitrogen and oxygen atoms in total. The maximum Gasteiger partial charge on any atom is 0.389 e. The summed E-state index contributed by atoms with van der Waals surface area (Å²) in [6.07, 6.45) is 1.77. The first-order valence-corrected chi connectivity index (χ1v) is 15.8. The first kappa shape index (κ1) is 31.5. The molecular formula is C20H41N2O5PS3. The number of nitrogens with one attached hydrogen (secondary N) is 2. The Morgan fingerprint density at radius 1 is 0.968 bits per heavy atom. The van der Waals surface area contributed by atoms with Crippen molar-refractivity contribution in [1.29, 1.82) is 0 Å². The molecular weight excluding hydrogens is 475 g/mol. The van der Waals surface area contributed by atoms with Gasteiger partial charge in [0.2, 0.25) is 0 Å². The topological polar surface area (TPSA) is 93.7 Å². The summed E-state index contributed by atoms with van der Waals surface area (Å²) in [5.41, 5.74) is -0.368. The molecule has 0 aromatic carbocycles. The lowest BCUT2D eigenvalue weighted by Crippen LogP contribution is -2.29. The molecule has 0 radical (unpaired) electrons. The van der Waals surface area contributed by atoms with Crippen LogP contribution in [0, 0.1) is 11.3 Å². The van der Waals surface area contributed by atoms with Gasteiger partial charge in [-0.2, -0.15) is 0 Å². The molecule has 0 fully saturated rings. The molecule has 31 heavy (non-hydrogen) atoms. The lowest BCUT2D eigenvalue weighted by Gasteiger charge is -2.21. The minimum atomic E-state index is -3.32. The maximum absolute atomic E-state index is 13.3. The summed E-state index contributed by atoms with van der Waals surface area (Å²) < 4.78 is 24.7. The van der Waals surface area contributed by atoms with E-state index in [0.717, 1.165) is 13.1 Å². The van der Waals surface area contributed by atoms with Crippen LogP contribution < -0.4 is 10.6 Å². The molecule has 2 N–H and O–H groups in total. The van der Waals surface area contributed by atoms with Crippen LogP contribution >= 0.6 is 41.7 Å². The molecule has 0 saturated carbocycles. The first-order chi connectivity index (χ1) is 14.6. The minimum absolute atomic E-state index is 0.141. The van der Waals surface area contributed by atoms with Gasteiger partial charge in [0.1, 0.15) is 0 Å². The number of carbonyl (C=O) groups excluding carboxylic acids is 2. The van der Waals surface area contributed by atoms with Gasteiger partial charge in [0.25, 0.3) is 0 Å². The van der Waals surface area contributed by atoms with Crippen molar-refractivity contribution in [1.82, 2.24) is 10.6 Å². The third-order valence-electron chi connectivity index (χ3n) is 3.93. The summed E-state index contributed by atoms with van der Waals surface area (Å²) in [5, 5.41) is 6.60. The zero-order valence-electron chi connectivity index (χ0n) is 19.9. The molecule has 0 aromatic rings. The second-order valence-corrected chi connectivity index (χ2v) is 14.4. The number of hydrogen-bond acceptors (Lipinski definition) is 10. The fourth-order valence-corrected chi connectivity index (χ4v) is 7.42. The van der Waals surface area contributed by atoms with Gasteiger partial charge >= 0.3 is 6.80 Å². The quantitative estimate of drug-likeness (QED) is 0.198. The van der Waals surface area contributed by atoms with Crippen LogP contribution in [0.5, 0.6) is 0 Å². The third-order valence-corrected chi connectivity index (χ3v) is 10.4. The highest BCUT2D eigenvalue weighted by Crippen LogP contribution is 2.61. The zero-order valence-corrected chi connectivity index (χ0v) is 23.2. The van der Waals surface area contributed by atoms with Crippen molar-refractivity contribution < 1.29 is 23.2 Å². The fraction of sp³-hybridized carbons (Fsp3) is 0.900. The molecule has 0 aromatic heterocycles. The number of rotatable bonds is 18. The molecule has 0 rings (SSSR count). The van der Waals surface area contributed by atoms with Gasteiger partial charge in [-0.3, -0.25) is 9.59 Å². The van der Waals surface area contributed by atoms with Gasteiger partial charge in [-0.25, -0.2) is 4.57 Å². The Kier molecular flexibility index (Phi) is 18.1. The number of thioether (sulfide) groups is 2. The largest absolute Gasteiger partial charge is 0.389 e. The Balaban J connectivity index is 4.60. The van der Waals surface area contributed by atoms with Gasteiger partial charge in [-0.15, -0.1) is 0 Å². The average molecular weight is 517 g/mol. The van der Waals surface area contributed by atoms with E-state index in [1.807, 2.05) is 41.8 Å². The zero-order chi connectivity index (χ0) is 23.8. The highest BCUT2D eigenvalue weighted by Gasteiger charge is 2.27. The predicted molar refractivity (Wildman–Crippen MR) is 137 cm³/mol. The molecule has 184 valence electrons. The molecule has 0 aliphatic rings. The Bertz CT molecular complexity index is 555. The Morgan fingerprint density at radius 2 is 1.48 bits per heavy atom. The van der Waals surface area contributed by atoms with Crippen LogP contribution in [0.25, 0.3) is 0 Å². The van der Waals surface area contributed by atoms with Crippen molar-refractivity contribution in [2.45, 2.75) is 47.0 Å². The lowest BCUT2D eigenvalue weighted by molar-refractivity contribution is -0.117. The van der Waals surface area contributed by atoms with Crippen LogP contribution in [-0.4, -0.2) is 67.9 Å². The van der Waals surface area contributed by atoms with E-state index in [4.69, 9.17) is 9.05 Å². The van der Waals surface area contributed by atoms with Crippen LogP contribution in [0.1, 0.15) is 47.0 Å². The SMILES string of the molecule is CCC(=O)SCCCOP(=O)(OCCCSC(=O)C(C)(C)C)SCC(CNC)CNC. The van der Waals surface area contributed by atoms with Crippen molar-refractivity contribution in [2.24, 2.45) is 11.3 Å². The lowest BCUT2D eigenvalue weighted by atomic mass is 10.00. The number of carbonyl (C=O) groups is 2. The predicted octanol–water partition coefficient (Wildman–Crippen LogP) is 4.67. The van der Waals surface area contributed by atoms with E-state index in [-0.39, 0.29) is 28.9 Å². The van der Waals surface area contributed by atoms with Gasteiger partial charge in [-0.1, -0.05) is 51.2 Å². The van der Waals surface area contributed by atoms with Gasteiger partial charge in [0.15, 0.2) is 10.2 Å². The molecule has 0 bridgehead atoms. The van der Waals surface area contributed by atoms with Crippen molar-refractivity contribution in [3.05, 3.63) is 0 Å². The molecule has 1 atom stereocenters. The highest BCUT2D eigenvalue weighted by molar-refractivity contribution is 8.55. The van der Waals surface area contributed by atoms with Crippen molar-refractivity contribution in [3.8, 4) is 0 Å². The Hall–Kier alpha value is 0.460. The van der Waals surface area contributed by atoms with E-state index < -0.39 is 6.80 Å². The molecule has 0 spiro atoms. The smallest absolute Gasteiger partial charge is 0.319 e. The second kappa shape index (κ2) is 17.9. The normalized spacial score (nSPS) is 14.0. The van der Waals surface area contributed by atoms with Gasteiger partial charge in [0, 0.05) is 29.1 Å². The van der Waals surface area contributed by atoms with Gasteiger partial charge in [-0.05, 0) is 57.3 Å². The van der Waals surface area contributed by atoms with Crippen LogP contribution in [0.4, 0.5) is 0 Å². The first-order valence-electron chi connectivity index (χ1n) is 10.7. The molecule has 0 saturated heterocycles. The number of hydrogen-bond donors (Lipinski definition) is 2. The van der Waals surface area contributed by atoms with E-state index in [2.05, 4.69) is 10.6 Å². The summed E-state index contributed by atoms with van der Waals surface area (Å²) >= 11 is 3.80. The monoisotopic (exact) mass is 516 g/mol. The highest BCUT2D eigenvalue weighted by atomic mass is 32.7. The third kappa shape index (κ3) is 16.7. The molecule has 0 aliphatic carbocycles. The molecule has 1 unspecified atom stereocenters. The summed E-state index contributed by atoms with van der Waals surface area (Å²) in [4.78, 5) is 23.4. The molecule has 0 heterocycles. The minimum Gasteiger partial charge on any atom is -0.319 e. The fourth-order valence-electron chi connectivity index (χ4n) is 2.22. The van der Waals surface area contributed by atoms with E-state index in [1.165, 1.54) is 34.9 Å². The Labute approximate surface area is 201 Å². The van der Waals surface area contributed by atoms with Crippen molar-refractivity contribution >= 4 is 51.9 Å². The van der Waals surface area contributed by atoms with Crippen LogP contribution in [0.3, 0.4) is 0 Å². The average Bonchev–Trinajstić information content (AvgIpc) is 2.71. The standard InChI is InChI=1S/C20H41N2O5PS3/c1-7-18(23)29-12-8-10-26-28(25,31-16-17(14-21-5)15-22-6)27-11-9-13-30-19(24)20(2,3)4/h17,21-22H,7-16H2,1-6H3. The summed E-state index contributed by atoms with van der Waals surface area (Å²) in [7, 11) is 3.79. The van der Waals surface area contributed by atoms with E-state index >= 15 is 0 Å². The van der Waals surface area contributed by atoms with Crippen LogP contribution in [0.15, 0.2) is 0 Å². The molecule has 11 heteroatoms.